The number of morpholine rings is 2. The molecule has 2 N–H and O–H groups in total. The number of fused-ring (bicyclic) bond motifs is 1. The van der Waals surface area contributed by atoms with E-state index in [4.69, 9.17) is 24.4 Å². The van der Waals surface area contributed by atoms with Crippen LogP contribution in [0.2, 0.25) is 0 Å². The van der Waals surface area contributed by atoms with Crippen LogP contribution in [0.25, 0.3) is 33.9 Å². The van der Waals surface area contributed by atoms with E-state index in [-0.39, 0.29) is 12.1 Å². The number of nitrogens with zero attached hydrogens (tertiary/aromatic N) is 6. The summed E-state index contributed by atoms with van der Waals surface area (Å²) in [5.41, 5.74) is 3.53. The highest BCUT2D eigenvalue weighted by Gasteiger charge is 2.28. The average Bonchev–Trinajstić information content (AvgIpc) is 3.55. The van der Waals surface area contributed by atoms with Gasteiger partial charge in [-0.15, -0.1) is 0 Å². The van der Waals surface area contributed by atoms with Crippen molar-refractivity contribution in [1.29, 1.82) is 0 Å². The Balaban J connectivity index is 1.43. The Morgan fingerprint density at radius 1 is 0.853 bits per heavy atom. The number of ether oxygens (including phenoxy) is 2. The van der Waals surface area contributed by atoms with Crippen LogP contribution >= 0.6 is 0 Å². The zero-order chi connectivity index (χ0) is 23.1. The molecule has 1 unspecified atom stereocenters. The summed E-state index contributed by atoms with van der Waals surface area (Å²) in [7, 11) is 0. The number of nitrogens with one attached hydrogen (secondary N) is 2. The first kappa shape index (κ1) is 21.1. The summed E-state index contributed by atoms with van der Waals surface area (Å²) >= 11 is 0. The first-order valence-electron chi connectivity index (χ1n) is 11.7. The molecule has 6 rings (SSSR count). The third-order valence-electron chi connectivity index (χ3n) is 6.51. The molecule has 2 aliphatic rings. The summed E-state index contributed by atoms with van der Waals surface area (Å²) in [6.45, 7) is 8.52. The molecule has 176 valence electrons. The van der Waals surface area contributed by atoms with Crippen molar-refractivity contribution in [3.8, 4) is 22.8 Å². The van der Waals surface area contributed by atoms with E-state index < -0.39 is 0 Å². The molecule has 4 aromatic rings. The summed E-state index contributed by atoms with van der Waals surface area (Å²) in [5, 5.41) is 0. The lowest BCUT2D eigenvalue weighted by atomic mass is 10.1. The summed E-state index contributed by atoms with van der Waals surface area (Å²) < 4.78 is 11.3. The van der Waals surface area contributed by atoms with Gasteiger partial charge < -0.3 is 29.2 Å². The number of aromatic nitrogens is 6. The number of hydrogen-bond acceptors (Lipinski definition) is 8. The fourth-order valence-corrected chi connectivity index (χ4v) is 4.62. The molecule has 0 radical (unpaired) electrons. The second kappa shape index (κ2) is 8.69. The van der Waals surface area contributed by atoms with Gasteiger partial charge in [0.05, 0.1) is 38.5 Å². The SMILES string of the molecule is CC1COCCN1c1nc(N2CCOC[C@H]2C)c2[nH]c(-c3ccc(-c4ncc[nH]4)cc3)nc2n1. The summed E-state index contributed by atoms with van der Waals surface area (Å²) in [5.74, 6) is 3.18. The second-order valence-corrected chi connectivity index (χ2v) is 8.88. The highest BCUT2D eigenvalue weighted by molar-refractivity contribution is 5.88. The third kappa shape index (κ3) is 3.78. The minimum absolute atomic E-state index is 0.203. The molecule has 0 aliphatic carbocycles. The Morgan fingerprint density at radius 2 is 1.53 bits per heavy atom. The number of imidazole rings is 2. The fourth-order valence-electron chi connectivity index (χ4n) is 4.62. The van der Waals surface area contributed by atoms with Gasteiger partial charge in [0.25, 0.3) is 0 Å². The van der Waals surface area contributed by atoms with E-state index in [1.54, 1.807) is 6.20 Å². The van der Waals surface area contributed by atoms with Crippen molar-refractivity contribution >= 4 is 22.9 Å². The van der Waals surface area contributed by atoms with Gasteiger partial charge in [-0.25, -0.2) is 9.97 Å². The van der Waals surface area contributed by atoms with Gasteiger partial charge in [0.2, 0.25) is 5.95 Å². The fraction of sp³-hybridized carbons (Fsp3) is 0.417. The van der Waals surface area contributed by atoms with Crippen LogP contribution in [0.3, 0.4) is 0 Å². The summed E-state index contributed by atoms with van der Waals surface area (Å²) in [4.78, 5) is 30.3. The molecule has 10 heteroatoms. The molecule has 2 aliphatic heterocycles. The molecule has 2 atom stereocenters. The number of hydrogen-bond donors (Lipinski definition) is 2. The Labute approximate surface area is 197 Å². The van der Waals surface area contributed by atoms with Gasteiger partial charge in [0, 0.05) is 36.6 Å². The van der Waals surface area contributed by atoms with Gasteiger partial charge in [-0.1, -0.05) is 24.3 Å². The first-order valence-corrected chi connectivity index (χ1v) is 11.7. The van der Waals surface area contributed by atoms with Crippen LogP contribution in [0, 0.1) is 0 Å². The number of aromatic amines is 2. The molecule has 0 amide bonds. The first-order chi connectivity index (χ1) is 16.7. The summed E-state index contributed by atoms with van der Waals surface area (Å²) in [6.07, 6.45) is 3.57. The van der Waals surface area contributed by atoms with Crippen molar-refractivity contribution in [2.24, 2.45) is 0 Å². The second-order valence-electron chi connectivity index (χ2n) is 8.88. The molecule has 0 spiro atoms. The van der Waals surface area contributed by atoms with E-state index in [9.17, 15) is 0 Å². The van der Waals surface area contributed by atoms with Crippen molar-refractivity contribution in [3.05, 3.63) is 36.7 Å². The molecule has 5 heterocycles. The molecule has 3 aromatic heterocycles. The topological polar surface area (TPSA) is 108 Å². The smallest absolute Gasteiger partial charge is 0.229 e. The lowest BCUT2D eigenvalue weighted by Gasteiger charge is -2.36. The molecule has 0 bridgehead atoms. The van der Waals surface area contributed by atoms with Crippen LogP contribution < -0.4 is 9.80 Å². The number of anilines is 2. The Hall–Kier alpha value is -3.50. The van der Waals surface area contributed by atoms with E-state index in [1.165, 1.54) is 0 Å². The van der Waals surface area contributed by atoms with Gasteiger partial charge >= 0.3 is 0 Å². The Morgan fingerprint density at radius 3 is 2.18 bits per heavy atom. The molecular formula is C24H28N8O2. The molecule has 0 saturated carbocycles. The van der Waals surface area contributed by atoms with E-state index in [1.807, 2.05) is 30.5 Å². The predicted octanol–water partition coefficient (Wildman–Crippen LogP) is 2.86. The monoisotopic (exact) mass is 460 g/mol. The van der Waals surface area contributed by atoms with E-state index in [2.05, 4.69) is 38.6 Å². The Kier molecular flexibility index (Phi) is 5.39. The van der Waals surface area contributed by atoms with Gasteiger partial charge in [-0.05, 0) is 13.8 Å². The van der Waals surface area contributed by atoms with Crippen LogP contribution in [-0.4, -0.2) is 81.5 Å². The normalized spacial score (nSPS) is 21.4. The minimum Gasteiger partial charge on any atom is -0.377 e. The van der Waals surface area contributed by atoms with Gasteiger partial charge in [-0.2, -0.15) is 9.97 Å². The molecule has 1 aromatic carbocycles. The summed E-state index contributed by atoms with van der Waals surface area (Å²) in [6, 6.07) is 8.59. The van der Waals surface area contributed by atoms with E-state index >= 15 is 0 Å². The predicted molar refractivity (Wildman–Crippen MR) is 130 cm³/mol. The maximum absolute atomic E-state index is 5.68. The minimum atomic E-state index is 0.203. The maximum Gasteiger partial charge on any atom is 0.229 e. The van der Waals surface area contributed by atoms with Crippen LogP contribution in [-0.2, 0) is 9.47 Å². The zero-order valence-electron chi connectivity index (χ0n) is 19.4. The van der Waals surface area contributed by atoms with Gasteiger partial charge in [0.1, 0.15) is 17.2 Å². The number of benzene rings is 1. The van der Waals surface area contributed by atoms with Crippen molar-refractivity contribution in [2.75, 3.05) is 49.3 Å². The number of H-pyrrole nitrogens is 2. The molecule has 2 fully saturated rings. The maximum atomic E-state index is 5.68. The average molecular weight is 461 g/mol. The largest absolute Gasteiger partial charge is 0.377 e. The quantitative estimate of drug-likeness (QED) is 0.479. The van der Waals surface area contributed by atoms with Crippen molar-refractivity contribution in [3.63, 3.8) is 0 Å². The van der Waals surface area contributed by atoms with Crippen molar-refractivity contribution < 1.29 is 9.47 Å². The third-order valence-corrected chi connectivity index (χ3v) is 6.51. The lowest BCUT2D eigenvalue weighted by Crippen LogP contribution is -2.46. The van der Waals surface area contributed by atoms with Crippen molar-refractivity contribution in [2.45, 2.75) is 25.9 Å². The van der Waals surface area contributed by atoms with E-state index in [0.29, 0.717) is 38.0 Å². The molecule has 2 saturated heterocycles. The highest BCUT2D eigenvalue weighted by Crippen LogP contribution is 2.31. The zero-order valence-corrected chi connectivity index (χ0v) is 19.4. The van der Waals surface area contributed by atoms with Crippen LogP contribution in [0.1, 0.15) is 13.8 Å². The van der Waals surface area contributed by atoms with Gasteiger partial charge in [-0.3, -0.25) is 0 Å². The molecule has 34 heavy (non-hydrogen) atoms. The molecular weight excluding hydrogens is 432 g/mol. The van der Waals surface area contributed by atoms with Gasteiger partial charge in [0.15, 0.2) is 11.5 Å². The number of rotatable bonds is 4. The van der Waals surface area contributed by atoms with Crippen molar-refractivity contribution in [1.82, 2.24) is 29.9 Å². The van der Waals surface area contributed by atoms with Crippen LogP contribution in [0.15, 0.2) is 36.7 Å². The standard InChI is InChI=1S/C24H28N8O2/c1-15-13-33-11-9-31(15)23-19-22(29-24(30-23)32-10-12-34-14-16(32)2)28-21(27-19)18-5-3-17(4-6-18)20-25-7-8-26-20/h3-8,15-16H,9-14H2,1-2H3,(H,25,26)(H,27,28,29,30)/t15-,16?/m1/s1. The van der Waals surface area contributed by atoms with Crippen LogP contribution in [0.4, 0.5) is 11.8 Å². The molecule has 10 nitrogen and oxygen atoms in total. The Bertz CT molecular complexity index is 1270. The lowest BCUT2D eigenvalue weighted by molar-refractivity contribution is 0.0973. The van der Waals surface area contributed by atoms with E-state index in [0.717, 1.165) is 47.2 Å². The highest BCUT2D eigenvalue weighted by atomic mass is 16.5. The van der Waals surface area contributed by atoms with Crippen LogP contribution in [0.5, 0.6) is 0 Å².